The van der Waals surface area contributed by atoms with Crippen LogP contribution in [0.25, 0.3) is 6.08 Å². The fourth-order valence-corrected chi connectivity index (χ4v) is 3.69. The second-order valence-electron chi connectivity index (χ2n) is 6.38. The molecule has 1 aliphatic rings. The van der Waals surface area contributed by atoms with Crippen molar-refractivity contribution in [2.75, 3.05) is 24.6 Å². The first-order valence-electron chi connectivity index (χ1n) is 9.21. The zero-order chi connectivity index (χ0) is 20.8. The van der Waals surface area contributed by atoms with Gasteiger partial charge in [-0.15, -0.1) is 10.2 Å². The second kappa shape index (κ2) is 9.37. The highest BCUT2D eigenvalue weighted by atomic mass is 32.1. The summed E-state index contributed by atoms with van der Waals surface area (Å²) >= 11 is 1.19. The Bertz CT molecular complexity index is 952. The first-order chi connectivity index (χ1) is 14.0. The first-order valence-corrected chi connectivity index (χ1v) is 9.99. The van der Waals surface area contributed by atoms with E-state index in [1.807, 2.05) is 31.2 Å². The predicted octanol–water partition coefficient (Wildman–Crippen LogP) is 4.51. The number of esters is 1. The number of benzene rings is 1. The number of aromatic nitrogens is 1. The Balaban J connectivity index is 1.69. The Morgan fingerprint density at radius 3 is 2.72 bits per heavy atom. The molecule has 0 saturated heterocycles. The molecule has 10 heteroatoms. The standard InChI is InChI=1S/C19H21N5O4S/c1-3-23(10-11-28-13(2)25)15-6-4-14(5-7-15)20-21-19-17-12-16(24(26)27)8-9-18(17)22-29-19/h4-7,12H,3,8-11H2,1-2H3/b21-20+. The molecule has 9 nitrogen and oxygen atoms in total. The molecule has 3 rings (SSSR count). The summed E-state index contributed by atoms with van der Waals surface area (Å²) in [7, 11) is 0. The van der Waals surface area contributed by atoms with Gasteiger partial charge in [-0.3, -0.25) is 14.9 Å². The zero-order valence-corrected chi connectivity index (χ0v) is 17.0. The van der Waals surface area contributed by atoms with Crippen LogP contribution in [0.15, 0.2) is 40.2 Å². The van der Waals surface area contributed by atoms with Gasteiger partial charge in [0.2, 0.25) is 5.70 Å². The summed E-state index contributed by atoms with van der Waals surface area (Å²) in [4.78, 5) is 23.7. The molecule has 0 unspecified atom stereocenters. The van der Waals surface area contributed by atoms with Crippen molar-refractivity contribution in [3.05, 3.63) is 51.3 Å². The first kappa shape index (κ1) is 20.6. The number of fused-ring (bicyclic) bond motifs is 1. The molecule has 1 aromatic carbocycles. The van der Waals surface area contributed by atoms with Gasteiger partial charge in [-0.2, -0.15) is 4.37 Å². The minimum Gasteiger partial charge on any atom is -0.464 e. The average molecular weight is 415 g/mol. The molecule has 2 aromatic rings. The number of hydrogen-bond acceptors (Lipinski definition) is 9. The van der Waals surface area contributed by atoms with E-state index < -0.39 is 0 Å². The number of nitro groups is 1. The Kier molecular flexibility index (Phi) is 6.65. The van der Waals surface area contributed by atoms with Crippen molar-refractivity contribution in [3.63, 3.8) is 0 Å². The summed E-state index contributed by atoms with van der Waals surface area (Å²) in [5.41, 5.74) is 3.35. The lowest BCUT2D eigenvalue weighted by Crippen LogP contribution is -2.27. The highest BCUT2D eigenvalue weighted by Gasteiger charge is 2.23. The number of azo groups is 1. The van der Waals surface area contributed by atoms with Gasteiger partial charge in [-0.25, -0.2) is 0 Å². The summed E-state index contributed by atoms with van der Waals surface area (Å²) in [5, 5.41) is 20.1. The van der Waals surface area contributed by atoms with Crippen molar-refractivity contribution in [1.29, 1.82) is 0 Å². The lowest BCUT2D eigenvalue weighted by Gasteiger charge is -2.22. The van der Waals surface area contributed by atoms with E-state index in [1.165, 1.54) is 18.5 Å². The molecular formula is C19H21N5O4S. The highest BCUT2D eigenvalue weighted by Crippen LogP contribution is 2.36. The molecule has 1 aliphatic carbocycles. The largest absolute Gasteiger partial charge is 0.464 e. The van der Waals surface area contributed by atoms with Gasteiger partial charge in [-0.05, 0) is 42.7 Å². The number of carbonyl (C=O) groups is 1. The summed E-state index contributed by atoms with van der Waals surface area (Å²) in [5.74, 6) is -0.290. The summed E-state index contributed by atoms with van der Waals surface area (Å²) in [6.45, 7) is 5.14. The van der Waals surface area contributed by atoms with Crippen LogP contribution in [0.5, 0.6) is 0 Å². The SMILES string of the molecule is CCN(CCOC(C)=O)c1ccc(/N=N/c2snc3c2C=C([N+](=O)[O-])CC3)cc1. The number of carbonyl (C=O) groups excluding carboxylic acids is 1. The maximum atomic E-state index is 11.0. The van der Waals surface area contributed by atoms with Gasteiger partial charge < -0.3 is 9.64 Å². The smallest absolute Gasteiger partial charge is 0.302 e. The molecule has 0 aliphatic heterocycles. The minimum absolute atomic E-state index is 0.173. The third-order valence-electron chi connectivity index (χ3n) is 4.47. The van der Waals surface area contributed by atoms with Crippen LogP contribution in [0.1, 0.15) is 31.5 Å². The Hall–Kier alpha value is -3.14. The molecule has 1 heterocycles. The van der Waals surface area contributed by atoms with Gasteiger partial charge in [0.25, 0.3) is 0 Å². The maximum Gasteiger partial charge on any atom is 0.302 e. The number of anilines is 1. The van der Waals surface area contributed by atoms with Gasteiger partial charge in [0.1, 0.15) is 6.61 Å². The van der Waals surface area contributed by atoms with Crippen LogP contribution in [0.4, 0.5) is 16.4 Å². The number of likely N-dealkylation sites (N-methyl/N-ethyl adjacent to an activating group) is 1. The van der Waals surface area contributed by atoms with E-state index in [0.717, 1.165) is 17.9 Å². The average Bonchev–Trinajstić information content (AvgIpc) is 3.12. The Labute approximate surface area is 172 Å². The number of aryl methyl sites for hydroxylation is 1. The molecule has 0 atom stereocenters. The van der Waals surface area contributed by atoms with E-state index in [2.05, 4.69) is 19.5 Å². The molecule has 0 amide bonds. The fourth-order valence-electron chi connectivity index (χ4n) is 2.95. The number of allylic oxidation sites excluding steroid dienone is 1. The molecule has 1 aromatic heterocycles. The molecule has 0 saturated carbocycles. The van der Waals surface area contributed by atoms with Crippen LogP contribution < -0.4 is 4.90 Å². The van der Waals surface area contributed by atoms with Crippen molar-refractivity contribution in [2.24, 2.45) is 10.2 Å². The third kappa shape index (κ3) is 5.23. The van der Waals surface area contributed by atoms with E-state index in [9.17, 15) is 14.9 Å². The van der Waals surface area contributed by atoms with Crippen LogP contribution in [-0.4, -0.2) is 35.0 Å². The zero-order valence-electron chi connectivity index (χ0n) is 16.2. The van der Waals surface area contributed by atoms with Gasteiger partial charge in [-0.1, -0.05) is 0 Å². The highest BCUT2D eigenvalue weighted by molar-refractivity contribution is 7.10. The monoisotopic (exact) mass is 415 g/mol. The van der Waals surface area contributed by atoms with E-state index in [0.29, 0.717) is 42.2 Å². The Morgan fingerprint density at radius 2 is 2.07 bits per heavy atom. The van der Waals surface area contributed by atoms with Gasteiger partial charge in [0.15, 0.2) is 5.00 Å². The van der Waals surface area contributed by atoms with E-state index in [4.69, 9.17) is 4.74 Å². The normalized spacial score (nSPS) is 13.1. The van der Waals surface area contributed by atoms with Gasteiger partial charge in [0.05, 0.1) is 22.8 Å². The summed E-state index contributed by atoms with van der Waals surface area (Å²) < 4.78 is 9.33. The fraction of sp³-hybridized carbons (Fsp3) is 0.368. The molecule has 29 heavy (non-hydrogen) atoms. The Morgan fingerprint density at radius 1 is 1.31 bits per heavy atom. The maximum absolute atomic E-state index is 11.0. The number of rotatable bonds is 8. The van der Waals surface area contributed by atoms with Crippen LogP contribution in [-0.2, 0) is 16.0 Å². The van der Waals surface area contributed by atoms with Gasteiger partial charge >= 0.3 is 5.97 Å². The van der Waals surface area contributed by atoms with Crippen molar-refractivity contribution in [3.8, 4) is 0 Å². The molecule has 0 fully saturated rings. The van der Waals surface area contributed by atoms with Crippen molar-refractivity contribution in [1.82, 2.24) is 4.37 Å². The predicted molar refractivity (Wildman–Crippen MR) is 111 cm³/mol. The third-order valence-corrected chi connectivity index (χ3v) is 5.25. The van der Waals surface area contributed by atoms with E-state index in [1.54, 1.807) is 6.08 Å². The van der Waals surface area contributed by atoms with Crippen LogP contribution in [0.2, 0.25) is 0 Å². The van der Waals surface area contributed by atoms with Gasteiger partial charge in [0, 0.05) is 43.6 Å². The molecule has 0 bridgehead atoms. The molecular weight excluding hydrogens is 394 g/mol. The van der Waals surface area contributed by atoms with Crippen LogP contribution in [0, 0.1) is 10.1 Å². The molecule has 0 radical (unpaired) electrons. The van der Waals surface area contributed by atoms with Crippen molar-refractivity contribution >= 4 is 40.0 Å². The van der Waals surface area contributed by atoms with Crippen molar-refractivity contribution in [2.45, 2.75) is 26.7 Å². The second-order valence-corrected chi connectivity index (χ2v) is 7.13. The molecule has 0 spiro atoms. The molecule has 0 N–H and O–H groups in total. The van der Waals surface area contributed by atoms with E-state index >= 15 is 0 Å². The number of hydrogen-bond donors (Lipinski definition) is 0. The minimum atomic E-state index is -0.360. The lowest BCUT2D eigenvalue weighted by molar-refractivity contribution is -0.426. The summed E-state index contributed by atoms with van der Waals surface area (Å²) in [6.07, 6.45) is 2.47. The lowest BCUT2D eigenvalue weighted by atomic mass is 10.0. The number of ether oxygens (including phenoxy) is 1. The topological polar surface area (TPSA) is 110 Å². The van der Waals surface area contributed by atoms with Crippen LogP contribution >= 0.6 is 11.5 Å². The van der Waals surface area contributed by atoms with Crippen LogP contribution in [0.3, 0.4) is 0 Å². The molecule has 152 valence electrons. The quantitative estimate of drug-likeness (QED) is 0.271. The summed E-state index contributed by atoms with van der Waals surface area (Å²) in [6, 6.07) is 7.55. The van der Waals surface area contributed by atoms with E-state index in [-0.39, 0.29) is 16.6 Å². The number of nitrogens with zero attached hydrogens (tertiary/aromatic N) is 5. The van der Waals surface area contributed by atoms with Crippen molar-refractivity contribution < 1.29 is 14.5 Å².